The van der Waals surface area contributed by atoms with Crippen LogP contribution in [-0.4, -0.2) is 51.9 Å². The maximum atomic E-state index is 13.0. The molecule has 6 heteroatoms. The van der Waals surface area contributed by atoms with Crippen LogP contribution in [0.15, 0.2) is 36.7 Å². The lowest BCUT2D eigenvalue weighted by molar-refractivity contribution is -0.133. The number of aromatic nitrogens is 2. The number of imidazole rings is 1. The lowest BCUT2D eigenvalue weighted by Gasteiger charge is -2.33. The third-order valence-corrected chi connectivity index (χ3v) is 5.00. The fraction of sp³-hybridized carbons (Fsp3) is 0.500. The van der Waals surface area contributed by atoms with Crippen molar-refractivity contribution in [2.75, 3.05) is 26.7 Å². The first-order chi connectivity index (χ1) is 12.6. The SMILES string of the molecule is CCn1ccnc1[C@H]1CCCN(C(=O)CN(C)Cc2ccc(F)cc2)C1. The Morgan fingerprint density at radius 1 is 1.35 bits per heavy atom. The lowest BCUT2D eigenvalue weighted by Crippen LogP contribution is -2.44. The van der Waals surface area contributed by atoms with E-state index in [2.05, 4.69) is 16.5 Å². The van der Waals surface area contributed by atoms with Crippen molar-refractivity contribution in [2.45, 2.75) is 38.8 Å². The number of hydrogen-bond acceptors (Lipinski definition) is 3. The van der Waals surface area contributed by atoms with Crippen molar-refractivity contribution < 1.29 is 9.18 Å². The number of benzene rings is 1. The van der Waals surface area contributed by atoms with Crippen LogP contribution in [0.1, 0.15) is 37.1 Å². The van der Waals surface area contributed by atoms with E-state index in [1.807, 2.05) is 29.2 Å². The predicted octanol–water partition coefficient (Wildman–Crippen LogP) is 2.88. The normalized spacial score (nSPS) is 17.7. The number of rotatable bonds is 6. The summed E-state index contributed by atoms with van der Waals surface area (Å²) in [7, 11) is 1.92. The molecule has 0 aliphatic carbocycles. The number of carbonyl (C=O) groups excluding carboxylic acids is 1. The summed E-state index contributed by atoms with van der Waals surface area (Å²) in [6.45, 7) is 5.56. The van der Waals surface area contributed by atoms with E-state index in [4.69, 9.17) is 0 Å². The standard InChI is InChI=1S/C20H27FN4O/c1-3-24-12-10-22-20(24)17-5-4-11-25(14-17)19(26)15-23(2)13-16-6-8-18(21)9-7-16/h6-10,12,17H,3-5,11,13-15H2,1-2H3/t17-/m0/s1. The van der Waals surface area contributed by atoms with Crippen molar-refractivity contribution in [3.8, 4) is 0 Å². The molecule has 0 saturated carbocycles. The Balaban J connectivity index is 1.56. The highest BCUT2D eigenvalue weighted by molar-refractivity contribution is 5.78. The van der Waals surface area contributed by atoms with Gasteiger partial charge in [-0.05, 0) is 44.5 Å². The van der Waals surface area contributed by atoms with Gasteiger partial charge in [-0.25, -0.2) is 9.37 Å². The molecule has 0 radical (unpaired) electrons. The molecule has 3 rings (SSSR count). The highest BCUT2D eigenvalue weighted by Gasteiger charge is 2.27. The van der Waals surface area contributed by atoms with Crippen molar-refractivity contribution in [2.24, 2.45) is 0 Å². The second-order valence-electron chi connectivity index (χ2n) is 7.05. The Morgan fingerprint density at radius 3 is 2.85 bits per heavy atom. The van der Waals surface area contributed by atoms with Crippen molar-refractivity contribution in [3.63, 3.8) is 0 Å². The van der Waals surface area contributed by atoms with Gasteiger partial charge >= 0.3 is 0 Å². The minimum atomic E-state index is -0.239. The summed E-state index contributed by atoms with van der Waals surface area (Å²) in [5, 5.41) is 0. The number of amides is 1. The molecule has 1 amide bonds. The Hall–Kier alpha value is -2.21. The molecule has 0 bridgehead atoms. The van der Waals surface area contributed by atoms with Crippen LogP contribution in [0.5, 0.6) is 0 Å². The number of aryl methyl sites for hydroxylation is 1. The Labute approximate surface area is 154 Å². The fourth-order valence-electron chi connectivity index (χ4n) is 3.65. The quantitative estimate of drug-likeness (QED) is 0.797. The summed E-state index contributed by atoms with van der Waals surface area (Å²) in [6.07, 6.45) is 5.93. The molecular weight excluding hydrogens is 331 g/mol. The molecule has 0 spiro atoms. The van der Waals surface area contributed by atoms with Crippen molar-refractivity contribution in [1.82, 2.24) is 19.4 Å². The zero-order chi connectivity index (χ0) is 18.5. The van der Waals surface area contributed by atoms with E-state index in [-0.39, 0.29) is 11.7 Å². The van der Waals surface area contributed by atoms with Crippen LogP contribution in [0.2, 0.25) is 0 Å². The first kappa shape index (κ1) is 18.6. The van der Waals surface area contributed by atoms with Crippen LogP contribution in [0, 0.1) is 5.82 Å². The van der Waals surface area contributed by atoms with Crippen LogP contribution in [0.4, 0.5) is 4.39 Å². The summed E-state index contributed by atoms with van der Waals surface area (Å²) in [5.74, 6) is 1.31. The predicted molar refractivity (Wildman–Crippen MR) is 99.2 cm³/mol. The number of carbonyl (C=O) groups is 1. The Morgan fingerprint density at radius 2 is 2.12 bits per heavy atom. The van der Waals surface area contributed by atoms with Crippen LogP contribution >= 0.6 is 0 Å². The van der Waals surface area contributed by atoms with Crippen molar-refractivity contribution in [3.05, 3.63) is 53.9 Å². The highest BCUT2D eigenvalue weighted by atomic mass is 19.1. The number of nitrogens with zero attached hydrogens (tertiary/aromatic N) is 4. The van der Waals surface area contributed by atoms with E-state index in [1.54, 1.807) is 12.1 Å². The molecule has 0 N–H and O–H groups in total. The first-order valence-electron chi connectivity index (χ1n) is 9.28. The largest absolute Gasteiger partial charge is 0.341 e. The fourth-order valence-corrected chi connectivity index (χ4v) is 3.65. The average Bonchev–Trinajstić information content (AvgIpc) is 3.12. The van der Waals surface area contributed by atoms with E-state index in [0.29, 0.717) is 19.0 Å². The van der Waals surface area contributed by atoms with Crippen LogP contribution < -0.4 is 0 Å². The summed E-state index contributed by atoms with van der Waals surface area (Å²) >= 11 is 0. The van der Waals surface area contributed by atoms with Gasteiger partial charge in [0.05, 0.1) is 6.54 Å². The summed E-state index contributed by atoms with van der Waals surface area (Å²) in [5.41, 5.74) is 1.00. The van der Waals surface area contributed by atoms with E-state index < -0.39 is 0 Å². The van der Waals surface area contributed by atoms with E-state index >= 15 is 0 Å². The van der Waals surface area contributed by atoms with Gasteiger partial charge in [0, 0.05) is 44.5 Å². The number of piperidine rings is 1. The zero-order valence-electron chi connectivity index (χ0n) is 15.6. The Bertz CT molecular complexity index is 728. The number of likely N-dealkylation sites (N-methyl/N-ethyl adjacent to an activating group) is 1. The van der Waals surface area contributed by atoms with E-state index in [0.717, 1.165) is 43.9 Å². The summed E-state index contributed by atoms with van der Waals surface area (Å²) in [6, 6.07) is 6.43. The summed E-state index contributed by atoms with van der Waals surface area (Å²) in [4.78, 5) is 21.2. The van der Waals surface area contributed by atoms with Gasteiger partial charge in [0.15, 0.2) is 0 Å². The average molecular weight is 358 g/mol. The molecule has 26 heavy (non-hydrogen) atoms. The van der Waals surface area contributed by atoms with Gasteiger partial charge in [-0.3, -0.25) is 9.69 Å². The second-order valence-corrected chi connectivity index (χ2v) is 7.05. The van der Waals surface area contributed by atoms with Gasteiger partial charge in [-0.1, -0.05) is 12.1 Å². The third kappa shape index (κ3) is 4.49. The molecular formula is C20H27FN4O. The van der Waals surface area contributed by atoms with Gasteiger partial charge in [0.25, 0.3) is 0 Å². The minimum absolute atomic E-state index is 0.147. The number of halogens is 1. The first-order valence-corrected chi connectivity index (χ1v) is 9.28. The molecule has 5 nitrogen and oxygen atoms in total. The molecule has 2 aromatic rings. The van der Waals surface area contributed by atoms with Crippen molar-refractivity contribution >= 4 is 5.91 Å². The summed E-state index contributed by atoms with van der Waals surface area (Å²) < 4.78 is 15.2. The lowest BCUT2D eigenvalue weighted by atomic mass is 9.97. The third-order valence-electron chi connectivity index (χ3n) is 5.00. The molecule has 1 saturated heterocycles. The molecule has 0 unspecified atom stereocenters. The Kier molecular flexibility index (Phi) is 6.04. The molecule has 2 heterocycles. The van der Waals surface area contributed by atoms with Crippen LogP contribution in [-0.2, 0) is 17.9 Å². The highest BCUT2D eigenvalue weighted by Crippen LogP contribution is 2.26. The molecule has 1 aromatic carbocycles. The molecule has 1 fully saturated rings. The second kappa shape index (κ2) is 8.45. The molecule has 140 valence electrons. The van der Waals surface area contributed by atoms with Gasteiger partial charge < -0.3 is 9.47 Å². The monoisotopic (exact) mass is 358 g/mol. The van der Waals surface area contributed by atoms with Gasteiger partial charge in [-0.2, -0.15) is 0 Å². The molecule has 1 atom stereocenters. The van der Waals surface area contributed by atoms with E-state index in [1.165, 1.54) is 12.1 Å². The molecule has 1 aliphatic rings. The van der Waals surface area contributed by atoms with Crippen molar-refractivity contribution in [1.29, 1.82) is 0 Å². The number of likely N-dealkylation sites (tertiary alicyclic amines) is 1. The maximum Gasteiger partial charge on any atom is 0.236 e. The van der Waals surface area contributed by atoms with Gasteiger partial charge in [0.1, 0.15) is 11.6 Å². The minimum Gasteiger partial charge on any atom is -0.341 e. The molecule has 1 aliphatic heterocycles. The maximum absolute atomic E-state index is 13.0. The smallest absolute Gasteiger partial charge is 0.236 e. The molecule has 1 aromatic heterocycles. The number of hydrogen-bond donors (Lipinski definition) is 0. The zero-order valence-corrected chi connectivity index (χ0v) is 15.6. The topological polar surface area (TPSA) is 41.4 Å². The van der Waals surface area contributed by atoms with Crippen LogP contribution in [0.25, 0.3) is 0 Å². The van der Waals surface area contributed by atoms with Crippen LogP contribution in [0.3, 0.4) is 0 Å². The van der Waals surface area contributed by atoms with Gasteiger partial charge in [0.2, 0.25) is 5.91 Å². The van der Waals surface area contributed by atoms with Gasteiger partial charge in [-0.15, -0.1) is 0 Å². The van der Waals surface area contributed by atoms with E-state index in [9.17, 15) is 9.18 Å².